The molecule has 1 N–H and O–H groups in total. The zero-order valence-corrected chi connectivity index (χ0v) is 11.5. The van der Waals surface area contributed by atoms with Gasteiger partial charge >= 0.3 is 0 Å². The van der Waals surface area contributed by atoms with E-state index in [1.54, 1.807) is 0 Å². The van der Waals surface area contributed by atoms with Crippen LogP contribution >= 0.6 is 0 Å². The van der Waals surface area contributed by atoms with E-state index in [2.05, 4.69) is 55.3 Å². The topological polar surface area (TPSA) is 24.9 Å². The number of fused-ring (bicyclic) bond motifs is 1. The largest absolute Gasteiger partial charge is 0.314 e. The third kappa shape index (κ3) is 3.54. The lowest BCUT2D eigenvalue weighted by Gasteiger charge is -2.15. The van der Waals surface area contributed by atoms with Crippen LogP contribution in [-0.4, -0.2) is 17.6 Å². The Bertz CT molecular complexity index is 505. The predicted octanol–water partition coefficient (Wildman–Crippen LogP) is 3.41. The van der Waals surface area contributed by atoms with E-state index in [4.69, 9.17) is 0 Å². The van der Waals surface area contributed by atoms with Gasteiger partial charge in [-0.2, -0.15) is 0 Å². The quantitative estimate of drug-likeness (QED) is 0.869. The highest BCUT2D eigenvalue weighted by molar-refractivity contribution is 5.78. The van der Waals surface area contributed by atoms with Gasteiger partial charge in [0.1, 0.15) is 0 Å². The predicted molar refractivity (Wildman–Crippen MR) is 77.7 cm³/mol. The van der Waals surface area contributed by atoms with Gasteiger partial charge in [-0.3, -0.25) is 4.98 Å². The number of nitrogens with zero attached hydrogens (tertiary/aromatic N) is 1. The minimum absolute atomic E-state index is 0.563. The maximum Gasteiger partial charge on any atom is 0.0702 e. The highest BCUT2D eigenvalue weighted by Gasteiger charge is 2.05. The van der Waals surface area contributed by atoms with Crippen LogP contribution < -0.4 is 5.32 Å². The van der Waals surface area contributed by atoms with Gasteiger partial charge in [0.25, 0.3) is 0 Å². The Balaban J connectivity index is 2.03. The Morgan fingerprint density at radius 1 is 1.17 bits per heavy atom. The van der Waals surface area contributed by atoms with E-state index in [0.717, 1.165) is 18.5 Å². The van der Waals surface area contributed by atoms with Crippen molar-refractivity contribution in [3.05, 3.63) is 42.1 Å². The molecule has 0 spiro atoms. The van der Waals surface area contributed by atoms with E-state index in [1.807, 2.05) is 12.3 Å². The van der Waals surface area contributed by atoms with Crippen LogP contribution in [0.15, 0.2) is 36.5 Å². The third-order valence-electron chi connectivity index (χ3n) is 3.13. The van der Waals surface area contributed by atoms with Crippen molar-refractivity contribution in [3.8, 4) is 0 Å². The van der Waals surface area contributed by atoms with Gasteiger partial charge in [0.15, 0.2) is 0 Å². The second-order valence-electron chi connectivity index (χ2n) is 5.40. The fraction of sp³-hybridized carbons (Fsp3) is 0.438. The summed E-state index contributed by atoms with van der Waals surface area (Å²) in [6, 6.07) is 11.3. The molecule has 0 radical (unpaired) electrons. The summed E-state index contributed by atoms with van der Waals surface area (Å²) in [4.78, 5) is 4.35. The Morgan fingerprint density at radius 2 is 2.00 bits per heavy atom. The van der Waals surface area contributed by atoms with E-state index < -0.39 is 0 Å². The monoisotopic (exact) mass is 242 g/mol. The summed E-state index contributed by atoms with van der Waals surface area (Å²) in [5.74, 6) is 0.654. The first-order chi connectivity index (χ1) is 8.65. The van der Waals surface area contributed by atoms with Crippen molar-refractivity contribution < 1.29 is 0 Å². The second-order valence-corrected chi connectivity index (χ2v) is 5.40. The molecular weight excluding hydrogens is 220 g/mol. The standard InChI is InChI=1S/C16H22N2/c1-12(2)18-11-13(3)9-14-6-7-16-15(10-14)5-4-8-17-16/h4-8,10,12-13,18H,9,11H2,1-3H3. The molecule has 0 fully saturated rings. The molecule has 0 aliphatic carbocycles. The van der Waals surface area contributed by atoms with Gasteiger partial charge < -0.3 is 5.32 Å². The zero-order chi connectivity index (χ0) is 13.0. The first kappa shape index (κ1) is 13.0. The van der Waals surface area contributed by atoms with Crippen LogP contribution in [-0.2, 0) is 6.42 Å². The average Bonchev–Trinajstić information content (AvgIpc) is 2.36. The molecule has 0 aliphatic heterocycles. The number of benzene rings is 1. The van der Waals surface area contributed by atoms with Crippen LogP contribution in [0.25, 0.3) is 10.9 Å². The molecule has 1 atom stereocenters. The molecule has 1 heterocycles. The summed E-state index contributed by atoms with van der Waals surface area (Å²) < 4.78 is 0. The fourth-order valence-electron chi connectivity index (χ4n) is 2.16. The molecule has 2 aromatic rings. The van der Waals surface area contributed by atoms with Gasteiger partial charge in [-0.1, -0.05) is 32.9 Å². The zero-order valence-electron chi connectivity index (χ0n) is 11.5. The van der Waals surface area contributed by atoms with Crippen LogP contribution in [0.2, 0.25) is 0 Å². The maximum absolute atomic E-state index is 4.35. The summed E-state index contributed by atoms with van der Waals surface area (Å²) >= 11 is 0. The average molecular weight is 242 g/mol. The lowest BCUT2D eigenvalue weighted by Crippen LogP contribution is -2.28. The molecule has 0 amide bonds. The maximum atomic E-state index is 4.35. The van der Waals surface area contributed by atoms with E-state index in [1.165, 1.54) is 10.9 Å². The van der Waals surface area contributed by atoms with Gasteiger partial charge in [0, 0.05) is 17.6 Å². The number of nitrogens with one attached hydrogen (secondary N) is 1. The highest BCUT2D eigenvalue weighted by Crippen LogP contribution is 2.16. The van der Waals surface area contributed by atoms with Crippen LogP contribution in [0.5, 0.6) is 0 Å². The Kier molecular flexibility index (Phi) is 4.32. The Morgan fingerprint density at radius 3 is 2.78 bits per heavy atom. The van der Waals surface area contributed by atoms with Crippen molar-refractivity contribution in [2.75, 3.05) is 6.54 Å². The van der Waals surface area contributed by atoms with Gasteiger partial charge in [-0.25, -0.2) is 0 Å². The number of rotatable bonds is 5. The highest BCUT2D eigenvalue weighted by atomic mass is 14.9. The van der Waals surface area contributed by atoms with Crippen molar-refractivity contribution in [1.29, 1.82) is 0 Å². The summed E-state index contributed by atoms with van der Waals surface area (Å²) in [5, 5.41) is 4.73. The van der Waals surface area contributed by atoms with E-state index >= 15 is 0 Å². The van der Waals surface area contributed by atoms with Gasteiger partial charge in [-0.15, -0.1) is 0 Å². The summed E-state index contributed by atoms with van der Waals surface area (Å²) in [6.07, 6.45) is 2.96. The molecule has 1 aromatic heterocycles. The van der Waals surface area contributed by atoms with Crippen LogP contribution in [0, 0.1) is 5.92 Å². The smallest absolute Gasteiger partial charge is 0.0702 e. The molecule has 2 rings (SSSR count). The molecule has 2 nitrogen and oxygen atoms in total. The first-order valence-corrected chi connectivity index (χ1v) is 6.72. The minimum atomic E-state index is 0.563. The van der Waals surface area contributed by atoms with Gasteiger partial charge in [-0.05, 0) is 42.6 Å². The number of hydrogen-bond acceptors (Lipinski definition) is 2. The van der Waals surface area contributed by atoms with Crippen LogP contribution in [0.1, 0.15) is 26.3 Å². The van der Waals surface area contributed by atoms with Crippen molar-refractivity contribution in [2.24, 2.45) is 5.92 Å². The van der Waals surface area contributed by atoms with Crippen LogP contribution in [0.4, 0.5) is 0 Å². The van der Waals surface area contributed by atoms with Gasteiger partial charge in [0.05, 0.1) is 5.52 Å². The summed E-state index contributed by atoms with van der Waals surface area (Å²) in [6.45, 7) is 7.74. The second kappa shape index (κ2) is 5.96. The lowest BCUT2D eigenvalue weighted by molar-refractivity contribution is 0.476. The number of hydrogen-bond donors (Lipinski definition) is 1. The van der Waals surface area contributed by atoms with Crippen molar-refractivity contribution in [3.63, 3.8) is 0 Å². The van der Waals surface area contributed by atoms with Crippen molar-refractivity contribution in [2.45, 2.75) is 33.2 Å². The fourth-order valence-corrected chi connectivity index (χ4v) is 2.16. The third-order valence-corrected chi connectivity index (χ3v) is 3.13. The Hall–Kier alpha value is -1.41. The lowest BCUT2D eigenvalue weighted by atomic mass is 9.99. The van der Waals surface area contributed by atoms with Crippen molar-refractivity contribution >= 4 is 10.9 Å². The number of aromatic nitrogens is 1. The van der Waals surface area contributed by atoms with Crippen molar-refractivity contribution in [1.82, 2.24) is 10.3 Å². The van der Waals surface area contributed by atoms with E-state index in [-0.39, 0.29) is 0 Å². The van der Waals surface area contributed by atoms with E-state index in [0.29, 0.717) is 12.0 Å². The molecule has 0 saturated carbocycles. The molecule has 96 valence electrons. The molecular formula is C16H22N2. The summed E-state index contributed by atoms with van der Waals surface area (Å²) in [7, 11) is 0. The normalized spacial score (nSPS) is 13.1. The molecule has 0 saturated heterocycles. The molecule has 2 heteroatoms. The SMILES string of the molecule is CC(CNC(C)C)Cc1ccc2ncccc2c1. The number of pyridine rings is 1. The molecule has 1 unspecified atom stereocenters. The Labute approximate surface area is 109 Å². The first-order valence-electron chi connectivity index (χ1n) is 6.72. The molecule has 1 aromatic carbocycles. The summed E-state index contributed by atoms with van der Waals surface area (Å²) in [5.41, 5.74) is 2.47. The molecule has 0 bridgehead atoms. The van der Waals surface area contributed by atoms with Crippen LogP contribution in [0.3, 0.4) is 0 Å². The molecule has 18 heavy (non-hydrogen) atoms. The van der Waals surface area contributed by atoms with E-state index in [9.17, 15) is 0 Å². The minimum Gasteiger partial charge on any atom is -0.314 e. The van der Waals surface area contributed by atoms with Gasteiger partial charge in [0.2, 0.25) is 0 Å². The molecule has 0 aliphatic rings.